The molecule has 3 nitrogen and oxygen atoms in total. The second-order valence-corrected chi connectivity index (χ2v) is 3.52. The third-order valence-corrected chi connectivity index (χ3v) is 2.24. The second kappa shape index (κ2) is 4.04. The van der Waals surface area contributed by atoms with Crippen molar-refractivity contribution in [3.05, 3.63) is 40.7 Å². The SMILES string of the molecule is O=C1CC(=Cc2cc(F)c(F)c(F)c2)C(=O)N1. The molecule has 0 saturated carbocycles. The molecule has 1 saturated heterocycles. The number of benzene rings is 1. The summed E-state index contributed by atoms with van der Waals surface area (Å²) < 4.78 is 38.4. The Bertz CT molecular complexity index is 529. The minimum absolute atomic E-state index is 0.0127. The third kappa shape index (κ3) is 2.20. The van der Waals surface area contributed by atoms with Crippen LogP contribution in [0.2, 0.25) is 0 Å². The number of carbonyl (C=O) groups is 2. The summed E-state index contributed by atoms with van der Waals surface area (Å²) >= 11 is 0. The first-order valence-corrected chi connectivity index (χ1v) is 4.66. The van der Waals surface area contributed by atoms with Gasteiger partial charge in [-0.3, -0.25) is 14.9 Å². The van der Waals surface area contributed by atoms with Gasteiger partial charge in [0.2, 0.25) is 5.91 Å². The number of nitrogens with one attached hydrogen (secondary N) is 1. The van der Waals surface area contributed by atoms with Gasteiger partial charge in [0.25, 0.3) is 5.91 Å². The van der Waals surface area contributed by atoms with E-state index in [1.165, 1.54) is 0 Å². The largest absolute Gasteiger partial charge is 0.292 e. The van der Waals surface area contributed by atoms with Crippen LogP contribution < -0.4 is 5.32 Å². The number of carbonyl (C=O) groups excluding carboxylic acids is 2. The Morgan fingerprint density at radius 3 is 2.18 bits per heavy atom. The lowest BCUT2D eigenvalue weighted by Gasteiger charge is -1.99. The summed E-state index contributed by atoms with van der Waals surface area (Å²) in [6.07, 6.45) is 0.991. The van der Waals surface area contributed by atoms with Crippen molar-refractivity contribution in [2.45, 2.75) is 6.42 Å². The van der Waals surface area contributed by atoms with Crippen LogP contribution in [0.5, 0.6) is 0 Å². The molecule has 0 atom stereocenters. The minimum Gasteiger partial charge on any atom is -0.292 e. The van der Waals surface area contributed by atoms with E-state index in [0.29, 0.717) is 0 Å². The highest BCUT2D eigenvalue weighted by molar-refractivity contribution is 6.15. The molecule has 2 rings (SSSR count). The summed E-state index contributed by atoms with van der Waals surface area (Å²) in [5, 5.41) is 2.02. The molecule has 0 spiro atoms. The van der Waals surface area contributed by atoms with Crippen LogP contribution in [0, 0.1) is 17.5 Å². The fourth-order valence-corrected chi connectivity index (χ4v) is 1.48. The zero-order valence-electron chi connectivity index (χ0n) is 8.39. The van der Waals surface area contributed by atoms with Gasteiger partial charge in [-0.25, -0.2) is 13.2 Å². The van der Waals surface area contributed by atoms with Gasteiger partial charge in [-0.1, -0.05) is 0 Å². The Hall–Kier alpha value is -2.11. The topological polar surface area (TPSA) is 46.2 Å². The van der Waals surface area contributed by atoms with Gasteiger partial charge in [0.1, 0.15) is 0 Å². The number of rotatable bonds is 1. The fraction of sp³-hybridized carbons (Fsp3) is 0.0909. The summed E-state index contributed by atoms with van der Waals surface area (Å²) in [4.78, 5) is 22.0. The molecule has 1 aliphatic heterocycles. The Balaban J connectivity index is 2.40. The first-order valence-electron chi connectivity index (χ1n) is 4.66. The maximum Gasteiger partial charge on any atom is 0.254 e. The summed E-state index contributed by atoms with van der Waals surface area (Å²) in [5.41, 5.74) is 0.0710. The molecule has 2 amide bonds. The smallest absolute Gasteiger partial charge is 0.254 e. The lowest BCUT2D eigenvalue weighted by molar-refractivity contribution is -0.124. The van der Waals surface area contributed by atoms with Gasteiger partial charge in [0, 0.05) is 5.57 Å². The van der Waals surface area contributed by atoms with Gasteiger partial charge >= 0.3 is 0 Å². The van der Waals surface area contributed by atoms with E-state index >= 15 is 0 Å². The van der Waals surface area contributed by atoms with E-state index < -0.39 is 29.3 Å². The number of amides is 2. The van der Waals surface area contributed by atoms with Crippen LogP contribution in [0.1, 0.15) is 12.0 Å². The summed E-state index contributed by atoms with van der Waals surface area (Å²) in [7, 11) is 0. The molecule has 0 aliphatic carbocycles. The van der Waals surface area contributed by atoms with Crippen molar-refractivity contribution < 1.29 is 22.8 Å². The van der Waals surface area contributed by atoms with Gasteiger partial charge in [-0.05, 0) is 23.8 Å². The lowest BCUT2D eigenvalue weighted by Crippen LogP contribution is -2.19. The molecular weight excluding hydrogens is 235 g/mol. The molecule has 0 bridgehead atoms. The monoisotopic (exact) mass is 241 g/mol. The molecule has 0 aromatic heterocycles. The van der Waals surface area contributed by atoms with E-state index in [1.807, 2.05) is 5.32 Å². The van der Waals surface area contributed by atoms with Gasteiger partial charge in [0.15, 0.2) is 17.5 Å². The van der Waals surface area contributed by atoms with Gasteiger partial charge in [0.05, 0.1) is 6.42 Å². The molecule has 6 heteroatoms. The van der Waals surface area contributed by atoms with Crippen LogP contribution in [0.25, 0.3) is 6.08 Å². The van der Waals surface area contributed by atoms with Crippen LogP contribution in [0.4, 0.5) is 13.2 Å². The average Bonchev–Trinajstić information content (AvgIpc) is 2.54. The molecule has 88 valence electrons. The van der Waals surface area contributed by atoms with Gasteiger partial charge in [-0.2, -0.15) is 0 Å². The highest BCUT2D eigenvalue weighted by atomic mass is 19.2. The van der Waals surface area contributed by atoms with Crippen LogP contribution in [0.15, 0.2) is 17.7 Å². The van der Waals surface area contributed by atoms with Crippen molar-refractivity contribution in [3.63, 3.8) is 0 Å². The highest BCUT2D eigenvalue weighted by Gasteiger charge is 2.23. The fourth-order valence-electron chi connectivity index (χ4n) is 1.48. The second-order valence-electron chi connectivity index (χ2n) is 3.52. The maximum atomic E-state index is 12.9. The number of hydrogen-bond donors (Lipinski definition) is 1. The van der Waals surface area contributed by atoms with Crippen molar-refractivity contribution in [1.29, 1.82) is 0 Å². The van der Waals surface area contributed by atoms with Crippen LogP contribution in [0.3, 0.4) is 0 Å². The van der Waals surface area contributed by atoms with Crippen molar-refractivity contribution in [2.24, 2.45) is 0 Å². The Labute approximate surface area is 93.9 Å². The predicted molar refractivity (Wildman–Crippen MR) is 52.1 cm³/mol. The van der Waals surface area contributed by atoms with Crippen molar-refractivity contribution in [2.75, 3.05) is 0 Å². The third-order valence-electron chi connectivity index (χ3n) is 2.24. The molecule has 1 aromatic carbocycles. The van der Waals surface area contributed by atoms with E-state index in [1.54, 1.807) is 0 Å². The average molecular weight is 241 g/mol. The first kappa shape index (κ1) is 11.4. The number of halogens is 3. The Morgan fingerprint density at radius 2 is 1.71 bits per heavy atom. The summed E-state index contributed by atoms with van der Waals surface area (Å²) in [5.74, 6) is -5.35. The lowest BCUT2D eigenvalue weighted by atomic mass is 10.1. The predicted octanol–water partition coefficient (Wildman–Crippen LogP) is 1.53. The van der Waals surface area contributed by atoms with Crippen LogP contribution in [-0.2, 0) is 9.59 Å². The van der Waals surface area contributed by atoms with E-state index in [4.69, 9.17) is 0 Å². The summed E-state index contributed by atoms with van der Waals surface area (Å²) in [6, 6.07) is 1.50. The van der Waals surface area contributed by atoms with E-state index in [-0.39, 0.29) is 17.6 Å². The van der Waals surface area contributed by atoms with Crippen LogP contribution in [-0.4, -0.2) is 11.8 Å². The normalized spacial score (nSPS) is 17.7. The van der Waals surface area contributed by atoms with E-state index in [2.05, 4.69) is 0 Å². The first-order chi connectivity index (χ1) is 7.97. The quantitative estimate of drug-likeness (QED) is 0.460. The van der Waals surface area contributed by atoms with Crippen molar-refractivity contribution in [1.82, 2.24) is 5.32 Å². The standard InChI is InChI=1S/C11H6F3NO2/c12-7-2-5(3-8(13)10(7)14)1-6-4-9(16)15-11(6)17/h1-3H,4H2,(H,15,16,17). The Kier molecular flexibility index (Phi) is 2.71. The molecule has 17 heavy (non-hydrogen) atoms. The number of imide groups is 1. The highest BCUT2D eigenvalue weighted by Crippen LogP contribution is 2.18. The molecule has 1 N–H and O–H groups in total. The van der Waals surface area contributed by atoms with Crippen LogP contribution >= 0.6 is 0 Å². The molecule has 0 unspecified atom stereocenters. The zero-order valence-corrected chi connectivity index (χ0v) is 8.39. The summed E-state index contributed by atoms with van der Waals surface area (Å²) in [6.45, 7) is 0. The molecule has 1 aliphatic rings. The molecule has 1 aromatic rings. The minimum atomic E-state index is -1.57. The molecular formula is C11H6F3NO2. The van der Waals surface area contributed by atoms with Gasteiger partial charge in [-0.15, -0.1) is 0 Å². The van der Waals surface area contributed by atoms with Crippen molar-refractivity contribution in [3.8, 4) is 0 Å². The maximum absolute atomic E-state index is 12.9. The van der Waals surface area contributed by atoms with Gasteiger partial charge < -0.3 is 0 Å². The Morgan fingerprint density at radius 1 is 1.12 bits per heavy atom. The van der Waals surface area contributed by atoms with E-state index in [0.717, 1.165) is 18.2 Å². The van der Waals surface area contributed by atoms with Crippen molar-refractivity contribution >= 4 is 17.9 Å². The molecule has 1 heterocycles. The van der Waals surface area contributed by atoms with E-state index in [9.17, 15) is 22.8 Å². The molecule has 1 fully saturated rings. The number of hydrogen-bond acceptors (Lipinski definition) is 2. The zero-order chi connectivity index (χ0) is 12.6. The molecule has 0 radical (unpaired) electrons.